The third-order valence-corrected chi connectivity index (χ3v) is 9.82. The van der Waals surface area contributed by atoms with Crippen LogP contribution in [0.4, 0.5) is 0 Å². The Morgan fingerprint density at radius 3 is 1.15 bits per heavy atom. The summed E-state index contributed by atoms with van der Waals surface area (Å²) in [5, 5.41) is 9.12. The molecule has 9 aromatic rings. The molecular formula is C50H32N2O. The van der Waals surface area contributed by atoms with Crippen molar-refractivity contribution in [1.29, 1.82) is 5.26 Å². The molecule has 0 spiro atoms. The van der Waals surface area contributed by atoms with Gasteiger partial charge in [0, 0.05) is 11.1 Å². The maximum Gasteiger partial charge on any atom is 0.227 e. The van der Waals surface area contributed by atoms with Gasteiger partial charge in [0.1, 0.15) is 5.52 Å². The van der Waals surface area contributed by atoms with Gasteiger partial charge in [-0.1, -0.05) is 158 Å². The van der Waals surface area contributed by atoms with Gasteiger partial charge in [-0.05, 0) is 97.6 Å². The Kier molecular flexibility index (Phi) is 8.25. The molecule has 1 aromatic heterocycles. The molecule has 0 bridgehead atoms. The summed E-state index contributed by atoms with van der Waals surface area (Å²) in [4.78, 5) is 5.10. The third-order valence-electron chi connectivity index (χ3n) is 9.82. The van der Waals surface area contributed by atoms with Crippen LogP contribution >= 0.6 is 0 Å². The predicted molar refractivity (Wildman–Crippen MR) is 217 cm³/mol. The first-order valence-corrected chi connectivity index (χ1v) is 17.7. The SMILES string of the molecule is N#Cc1ccc(-c2ccc(-c3ccc(-c4nc5c(-c6ccc(-c7ccccc7)cc6)cc(-c6ccc(-c7ccccc7)cc6)cc5o4)cc3)cc2)cc1. The zero-order valence-corrected chi connectivity index (χ0v) is 28.8. The fraction of sp³-hybridized carbons (Fsp3) is 0. The summed E-state index contributed by atoms with van der Waals surface area (Å²) < 4.78 is 6.56. The Balaban J connectivity index is 1.06. The molecule has 0 unspecified atom stereocenters. The van der Waals surface area contributed by atoms with Gasteiger partial charge >= 0.3 is 0 Å². The highest BCUT2D eigenvalue weighted by atomic mass is 16.3. The molecule has 3 nitrogen and oxygen atoms in total. The van der Waals surface area contributed by atoms with Crippen LogP contribution in [0.3, 0.4) is 0 Å². The van der Waals surface area contributed by atoms with Crippen LogP contribution in [-0.2, 0) is 0 Å². The molecule has 0 aliphatic heterocycles. The Hall–Kier alpha value is -7.28. The molecule has 0 aliphatic rings. The van der Waals surface area contributed by atoms with Crippen LogP contribution in [0.2, 0.25) is 0 Å². The van der Waals surface area contributed by atoms with Crippen LogP contribution in [0.15, 0.2) is 199 Å². The quantitative estimate of drug-likeness (QED) is 0.169. The van der Waals surface area contributed by atoms with Gasteiger partial charge in [-0.2, -0.15) is 5.26 Å². The zero-order chi connectivity index (χ0) is 35.6. The van der Waals surface area contributed by atoms with Crippen molar-refractivity contribution in [2.24, 2.45) is 0 Å². The summed E-state index contributed by atoms with van der Waals surface area (Å²) in [5.74, 6) is 0.585. The standard InChI is InChI=1S/C50H32N2O/c51-33-34-11-13-37(14-12-34)40-15-17-41(18-16-40)42-25-29-45(30-26-42)50-52-49-47(44-27-23-39(24-28-44)36-9-5-2-6-10-36)31-46(32-48(49)53-50)43-21-19-38(20-22-43)35-7-3-1-4-8-35/h1-32H. The van der Waals surface area contributed by atoms with E-state index in [9.17, 15) is 0 Å². The Bertz CT molecular complexity index is 2700. The first-order valence-electron chi connectivity index (χ1n) is 17.7. The van der Waals surface area contributed by atoms with Gasteiger partial charge in [0.05, 0.1) is 11.6 Å². The van der Waals surface area contributed by atoms with E-state index in [2.05, 4.69) is 164 Å². The number of rotatable bonds is 7. The second kappa shape index (κ2) is 13.8. The topological polar surface area (TPSA) is 49.8 Å². The van der Waals surface area contributed by atoms with E-state index in [4.69, 9.17) is 14.7 Å². The first kappa shape index (κ1) is 31.7. The van der Waals surface area contributed by atoms with Crippen LogP contribution in [-0.4, -0.2) is 4.98 Å². The van der Waals surface area contributed by atoms with Crippen molar-refractivity contribution in [3.05, 3.63) is 200 Å². The van der Waals surface area contributed by atoms with Crippen LogP contribution in [0.1, 0.15) is 5.56 Å². The molecule has 0 aliphatic carbocycles. The van der Waals surface area contributed by atoms with E-state index in [1.807, 2.05) is 36.4 Å². The molecule has 0 atom stereocenters. The van der Waals surface area contributed by atoms with Crippen molar-refractivity contribution < 1.29 is 4.42 Å². The molecule has 1 heterocycles. The summed E-state index contributed by atoms with van der Waals surface area (Å²) in [7, 11) is 0. The maximum absolute atomic E-state index is 9.12. The van der Waals surface area contributed by atoms with E-state index in [-0.39, 0.29) is 0 Å². The zero-order valence-electron chi connectivity index (χ0n) is 28.8. The van der Waals surface area contributed by atoms with E-state index in [0.29, 0.717) is 11.5 Å². The van der Waals surface area contributed by atoms with Gasteiger partial charge < -0.3 is 4.42 Å². The van der Waals surface area contributed by atoms with E-state index >= 15 is 0 Å². The van der Waals surface area contributed by atoms with Crippen LogP contribution in [0.25, 0.3) is 89.3 Å². The molecule has 53 heavy (non-hydrogen) atoms. The lowest BCUT2D eigenvalue weighted by atomic mass is 9.95. The highest BCUT2D eigenvalue weighted by Gasteiger charge is 2.16. The maximum atomic E-state index is 9.12. The molecule has 8 aromatic carbocycles. The average Bonchev–Trinajstić information content (AvgIpc) is 3.69. The molecule has 0 saturated heterocycles. The summed E-state index contributed by atoms with van der Waals surface area (Å²) in [6.07, 6.45) is 0. The minimum Gasteiger partial charge on any atom is -0.436 e. The molecule has 0 amide bonds. The van der Waals surface area contributed by atoms with Crippen molar-refractivity contribution >= 4 is 11.1 Å². The lowest BCUT2D eigenvalue weighted by Crippen LogP contribution is -1.86. The largest absolute Gasteiger partial charge is 0.436 e. The molecule has 0 fully saturated rings. The molecule has 248 valence electrons. The number of benzene rings is 8. The van der Waals surface area contributed by atoms with E-state index < -0.39 is 0 Å². The van der Waals surface area contributed by atoms with Crippen molar-refractivity contribution in [1.82, 2.24) is 4.98 Å². The van der Waals surface area contributed by atoms with Gasteiger partial charge in [0.2, 0.25) is 5.89 Å². The monoisotopic (exact) mass is 676 g/mol. The molecular weight excluding hydrogens is 645 g/mol. The average molecular weight is 677 g/mol. The number of fused-ring (bicyclic) bond motifs is 1. The lowest BCUT2D eigenvalue weighted by molar-refractivity contribution is 0.620. The molecule has 9 rings (SSSR count). The third kappa shape index (κ3) is 6.42. The predicted octanol–water partition coefficient (Wildman–Crippen LogP) is 13.4. The second-order valence-corrected chi connectivity index (χ2v) is 13.1. The molecule has 3 heteroatoms. The van der Waals surface area contributed by atoms with Crippen molar-refractivity contribution in [3.8, 4) is 84.3 Å². The lowest BCUT2D eigenvalue weighted by Gasteiger charge is -2.09. The number of hydrogen-bond donors (Lipinski definition) is 0. The number of nitriles is 1. The minimum absolute atomic E-state index is 0.585. The van der Waals surface area contributed by atoms with Gasteiger partial charge in [0.25, 0.3) is 0 Å². The fourth-order valence-electron chi connectivity index (χ4n) is 6.90. The Morgan fingerprint density at radius 1 is 0.358 bits per heavy atom. The second-order valence-electron chi connectivity index (χ2n) is 13.1. The fourth-order valence-corrected chi connectivity index (χ4v) is 6.90. The summed E-state index contributed by atoms with van der Waals surface area (Å²) in [6, 6.07) is 69.4. The smallest absolute Gasteiger partial charge is 0.227 e. The van der Waals surface area contributed by atoms with Crippen molar-refractivity contribution in [3.63, 3.8) is 0 Å². The number of hydrogen-bond acceptors (Lipinski definition) is 3. The van der Waals surface area contributed by atoms with Gasteiger partial charge in [-0.25, -0.2) is 4.98 Å². The van der Waals surface area contributed by atoms with E-state index in [0.717, 1.165) is 61.2 Å². The Labute approximate surface area is 308 Å². The minimum atomic E-state index is 0.585. The highest BCUT2D eigenvalue weighted by Crippen LogP contribution is 2.38. The van der Waals surface area contributed by atoms with Gasteiger partial charge in [-0.3, -0.25) is 0 Å². The Morgan fingerprint density at radius 2 is 0.717 bits per heavy atom. The van der Waals surface area contributed by atoms with Crippen LogP contribution in [0, 0.1) is 11.3 Å². The van der Waals surface area contributed by atoms with Crippen molar-refractivity contribution in [2.45, 2.75) is 0 Å². The number of nitrogens with zero attached hydrogens (tertiary/aromatic N) is 2. The summed E-state index contributed by atoms with van der Waals surface area (Å²) in [6.45, 7) is 0. The first-order chi connectivity index (χ1) is 26.2. The van der Waals surface area contributed by atoms with E-state index in [1.54, 1.807) is 0 Å². The van der Waals surface area contributed by atoms with Gasteiger partial charge in [-0.15, -0.1) is 0 Å². The van der Waals surface area contributed by atoms with Crippen LogP contribution < -0.4 is 0 Å². The highest BCUT2D eigenvalue weighted by molar-refractivity contribution is 5.96. The molecule has 0 radical (unpaired) electrons. The van der Waals surface area contributed by atoms with E-state index in [1.165, 1.54) is 22.3 Å². The molecule has 0 N–H and O–H groups in total. The summed E-state index contributed by atoms with van der Waals surface area (Å²) in [5.41, 5.74) is 16.6. The summed E-state index contributed by atoms with van der Waals surface area (Å²) >= 11 is 0. The van der Waals surface area contributed by atoms with Crippen LogP contribution in [0.5, 0.6) is 0 Å². The number of oxazole rings is 1. The molecule has 0 saturated carbocycles. The van der Waals surface area contributed by atoms with Crippen molar-refractivity contribution in [2.75, 3.05) is 0 Å². The van der Waals surface area contributed by atoms with Gasteiger partial charge in [0.15, 0.2) is 5.58 Å². The number of aromatic nitrogens is 1. The normalized spacial score (nSPS) is 11.0.